The summed E-state index contributed by atoms with van der Waals surface area (Å²) in [6.07, 6.45) is 1.09. The Hall–Kier alpha value is -3.26. The molecule has 252 valence electrons. The smallest absolute Gasteiger partial charge is 1.00 e. The molecule has 0 aromatic heterocycles. The number of rotatable bonds is 4. The van der Waals surface area contributed by atoms with Crippen molar-refractivity contribution in [2.75, 3.05) is 0 Å². The van der Waals surface area contributed by atoms with Gasteiger partial charge in [0.1, 0.15) is 0 Å². The van der Waals surface area contributed by atoms with Gasteiger partial charge in [0.2, 0.25) is 0 Å². The summed E-state index contributed by atoms with van der Waals surface area (Å²) in [7, 11) is 0. The first kappa shape index (κ1) is 39.5. The molecule has 0 spiro atoms. The fourth-order valence-electron chi connectivity index (χ4n) is 6.69. The van der Waals surface area contributed by atoms with Gasteiger partial charge >= 0.3 is 41.9 Å². The molecule has 8 aromatic carbocycles. The zero-order valence-electron chi connectivity index (χ0n) is 29.8. The molecule has 0 aliphatic carbocycles. The van der Waals surface area contributed by atoms with Crippen LogP contribution in [-0.4, -0.2) is 5.43 Å². The maximum atomic E-state index is 2.36. The largest absolute Gasteiger partial charge is 1.00 e. The van der Waals surface area contributed by atoms with Gasteiger partial charge in [0.25, 0.3) is 0 Å². The summed E-state index contributed by atoms with van der Waals surface area (Å²) in [5, 5.41) is 10.7. The average molecular weight is 787 g/mol. The Balaban J connectivity index is 0.000000196. The Morgan fingerprint density at radius 3 is 1.60 bits per heavy atom. The monoisotopic (exact) mass is 784 g/mol. The van der Waals surface area contributed by atoms with E-state index in [2.05, 4.69) is 180 Å². The molecule has 0 fully saturated rings. The quantitative estimate of drug-likeness (QED) is 0.128. The first-order valence-electron chi connectivity index (χ1n) is 17.1. The van der Waals surface area contributed by atoms with Crippen LogP contribution in [-0.2, 0) is 29.8 Å². The Morgan fingerprint density at radius 2 is 1.06 bits per heavy atom. The van der Waals surface area contributed by atoms with Crippen LogP contribution in [0.4, 0.5) is 0 Å². The van der Waals surface area contributed by atoms with E-state index in [1.807, 2.05) is 0 Å². The topological polar surface area (TPSA) is 0 Å². The van der Waals surface area contributed by atoms with Gasteiger partial charge in [0.15, 0.2) is 0 Å². The maximum absolute atomic E-state index is 2.36. The predicted molar refractivity (Wildman–Crippen MR) is 211 cm³/mol. The van der Waals surface area contributed by atoms with E-state index in [4.69, 9.17) is 0 Å². The normalized spacial score (nSPS) is 10.7. The molecule has 0 N–H and O–H groups in total. The van der Waals surface area contributed by atoms with E-state index < -0.39 is 0 Å². The molecule has 0 atom stereocenters. The van der Waals surface area contributed by atoms with Gasteiger partial charge < -0.3 is 24.8 Å². The number of hydrogen-bond acceptors (Lipinski definition) is 0. The Kier molecular flexibility index (Phi) is 14.1. The molecule has 8 aromatic rings. The first-order valence-corrected chi connectivity index (χ1v) is 23.3. The van der Waals surface area contributed by atoms with E-state index in [1.165, 1.54) is 82.0 Å². The molecule has 50 heavy (non-hydrogen) atoms. The zero-order valence-corrected chi connectivity index (χ0v) is 34.8. The third kappa shape index (κ3) is 8.60. The van der Waals surface area contributed by atoms with Crippen LogP contribution in [0.15, 0.2) is 140 Å². The second kappa shape index (κ2) is 17.8. The van der Waals surface area contributed by atoms with Crippen LogP contribution in [0.2, 0.25) is 13.1 Å². The minimum Gasteiger partial charge on any atom is -1.00 e. The van der Waals surface area contributed by atoms with Gasteiger partial charge in [-0.15, -0.1) is 68.6 Å². The molecule has 0 saturated carbocycles. The second-order valence-electron chi connectivity index (χ2n) is 13.3. The minimum absolute atomic E-state index is 0. The van der Waals surface area contributed by atoms with Crippen LogP contribution in [0.25, 0.3) is 65.3 Å². The molecule has 0 aliphatic heterocycles. The summed E-state index contributed by atoms with van der Waals surface area (Å²) in [6, 6.07) is 51.0. The average Bonchev–Trinajstić information content (AvgIpc) is 3.74. The van der Waals surface area contributed by atoms with Gasteiger partial charge in [-0.3, -0.25) is 0 Å². The van der Waals surface area contributed by atoms with E-state index in [9.17, 15) is 0 Å². The van der Waals surface area contributed by atoms with Crippen LogP contribution < -0.4 is 24.8 Å². The van der Waals surface area contributed by atoms with Gasteiger partial charge in [-0.2, -0.15) is 12.1 Å². The molecule has 0 aliphatic rings. The summed E-state index contributed by atoms with van der Waals surface area (Å²) in [6.45, 7) is 13.6. The molecule has 0 amide bonds. The molecule has 0 unspecified atom stereocenters. The second-order valence-corrected chi connectivity index (χ2v) is 22.7. The van der Waals surface area contributed by atoms with Crippen LogP contribution >= 0.6 is 0 Å². The molecule has 4 heteroatoms. The molecular formula is C46H44Cl2SiZr-2. The van der Waals surface area contributed by atoms with Crippen molar-refractivity contribution >= 4 is 48.5 Å². The summed E-state index contributed by atoms with van der Waals surface area (Å²) in [4.78, 5) is 0. The minimum atomic E-state index is 0. The standard InChI is InChI=1S/2C22H19.C2H6Si.2ClH.Zr/c1-15(2)18-13-17-9-6-12-21(22(17)14-18)20-11-5-8-16-7-3-4-10-19(16)20;1-3-16-13-21-15(2)11-12-20(22(21)14-16)19-10-6-8-17-7-4-5-9-18(17)19;1-3-2;;;/h3-15H,1-2H3;4-14H,3H2,1-2H3;1-2H3;2*1H;/q2*-1;;;;+2/p-2. The molecule has 0 bridgehead atoms. The number of halogens is 2. The number of fused-ring (bicyclic) bond motifs is 4. The van der Waals surface area contributed by atoms with E-state index in [-0.39, 0.29) is 30.2 Å². The number of aryl methyl sites for hydroxylation is 2. The van der Waals surface area contributed by atoms with E-state index >= 15 is 0 Å². The summed E-state index contributed by atoms with van der Waals surface area (Å²) < 4.78 is 0. The van der Waals surface area contributed by atoms with Crippen LogP contribution in [0.3, 0.4) is 0 Å². The van der Waals surface area contributed by atoms with Gasteiger partial charge in [-0.25, -0.2) is 0 Å². The van der Waals surface area contributed by atoms with Crippen molar-refractivity contribution in [3.05, 3.63) is 156 Å². The van der Waals surface area contributed by atoms with E-state index in [1.54, 1.807) is 23.3 Å². The van der Waals surface area contributed by atoms with Crippen LogP contribution in [0.1, 0.15) is 43.4 Å². The Bertz CT molecular complexity index is 2360. The molecular weight excluding hydrogens is 743 g/mol. The van der Waals surface area contributed by atoms with Gasteiger partial charge in [-0.1, -0.05) is 136 Å². The molecule has 0 radical (unpaired) electrons. The molecule has 0 nitrogen and oxygen atoms in total. The number of benzene rings is 6. The predicted octanol–water partition coefficient (Wildman–Crippen LogP) is 7.54. The van der Waals surface area contributed by atoms with Crippen LogP contribution in [0, 0.1) is 6.92 Å². The first-order chi connectivity index (χ1) is 23.2. The van der Waals surface area contributed by atoms with Gasteiger partial charge in [0.05, 0.1) is 0 Å². The molecule has 0 saturated heterocycles. The van der Waals surface area contributed by atoms with Crippen molar-refractivity contribution in [3.8, 4) is 22.3 Å². The molecule has 0 heterocycles. The van der Waals surface area contributed by atoms with E-state index in [0.29, 0.717) is 5.92 Å². The third-order valence-corrected chi connectivity index (χ3v) is 9.17. The van der Waals surface area contributed by atoms with Gasteiger partial charge in [-0.05, 0) is 45.0 Å². The van der Waals surface area contributed by atoms with E-state index in [0.717, 1.165) is 6.42 Å². The van der Waals surface area contributed by atoms with Crippen molar-refractivity contribution < 1.29 is 48.1 Å². The van der Waals surface area contributed by atoms with Gasteiger partial charge in [0, 0.05) is 0 Å². The summed E-state index contributed by atoms with van der Waals surface area (Å²) in [5.74, 6) is 0.563. The SMILES string of the molecule is CC(C)c1cc2c(-c3cccc4ccccc34)cccc2[cH-]1.CCc1cc2c(-c3cccc4ccccc34)ccc(C)c2[cH-]1.C[Si](C)=[Zr+2].[Cl-].[Cl-]. The van der Waals surface area contributed by atoms with Crippen molar-refractivity contribution in [1.29, 1.82) is 0 Å². The van der Waals surface area contributed by atoms with Crippen molar-refractivity contribution in [2.24, 2.45) is 0 Å². The van der Waals surface area contributed by atoms with Crippen molar-refractivity contribution in [1.82, 2.24) is 0 Å². The third-order valence-electron chi connectivity index (χ3n) is 9.17. The fourth-order valence-corrected chi connectivity index (χ4v) is 6.69. The zero-order chi connectivity index (χ0) is 33.8. The summed E-state index contributed by atoms with van der Waals surface area (Å²) >= 11 is 1.74. The Morgan fingerprint density at radius 1 is 0.580 bits per heavy atom. The summed E-state index contributed by atoms with van der Waals surface area (Å²) in [5.41, 5.74) is 9.74. The van der Waals surface area contributed by atoms with Crippen molar-refractivity contribution in [2.45, 2.75) is 53.1 Å². The number of hydrogen-bond donors (Lipinski definition) is 0. The van der Waals surface area contributed by atoms with Crippen LogP contribution in [0.5, 0.6) is 0 Å². The van der Waals surface area contributed by atoms with Crippen molar-refractivity contribution in [3.63, 3.8) is 0 Å². The maximum Gasteiger partial charge on any atom is -1.00 e. The Labute approximate surface area is 325 Å². The molecule has 8 rings (SSSR count). The fraction of sp³-hybridized carbons (Fsp3) is 0.174.